The Bertz CT molecular complexity index is 597. The van der Waals surface area contributed by atoms with E-state index in [0.717, 1.165) is 22.3 Å². The quantitative estimate of drug-likeness (QED) is 0.866. The fourth-order valence-electron chi connectivity index (χ4n) is 2.16. The van der Waals surface area contributed by atoms with Crippen LogP contribution in [0.25, 0.3) is 0 Å². The van der Waals surface area contributed by atoms with Gasteiger partial charge in [-0.25, -0.2) is 0 Å². The van der Waals surface area contributed by atoms with Gasteiger partial charge in [-0.2, -0.15) is 13.2 Å². The largest absolute Gasteiger partial charge is 0.416 e. The van der Waals surface area contributed by atoms with Crippen molar-refractivity contribution in [1.82, 2.24) is 10.3 Å². The summed E-state index contributed by atoms with van der Waals surface area (Å²) in [5, 5.41) is 3.09. The molecule has 0 saturated carbocycles. The van der Waals surface area contributed by atoms with Gasteiger partial charge in [0.25, 0.3) is 0 Å². The van der Waals surface area contributed by atoms with Crippen molar-refractivity contribution in [3.8, 4) is 0 Å². The highest BCUT2D eigenvalue weighted by molar-refractivity contribution is 9.10. The molecule has 1 unspecified atom stereocenters. The molecular formula is C15H14BrF3N2. The Labute approximate surface area is 129 Å². The van der Waals surface area contributed by atoms with E-state index in [2.05, 4.69) is 26.2 Å². The van der Waals surface area contributed by atoms with Crippen LogP contribution < -0.4 is 5.32 Å². The van der Waals surface area contributed by atoms with Gasteiger partial charge in [0.1, 0.15) is 0 Å². The highest BCUT2D eigenvalue weighted by Crippen LogP contribution is 2.36. The van der Waals surface area contributed by atoms with E-state index >= 15 is 0 Å². The summed E-state index contributed by atoms with van der Waals surface area (Å²) in [5.74, 6) is 0. The van der Waals surface area contributed by atoms with Crippen LogP contribution in [0.3, 0.4) is 0 Å². The number of nitrogens with zero attached hydrogens (tertiary/aromatic N) is 1. The molecule has 0 bridgehead atoms. The highest BCUT2D eigenvalue weighted by atomic mass is 79.9. The minimum absolute atomic E-state index is 0.133. The third kappa shape index (κ3) is 3.83. The predicted octanol–water partition coefficient (Wildman–Crippen LogP) is 4.56. The van der Waals surface area contributed by atoms with Crippen molar-refractivity contribution in [3.63, 3.8) is 0 Å². The second-order valence-corrected chi connectivity index (χ2v) is 5.42. The van der Waals surface area contributed by atoms with Crippen molar-refractivity contribution < 1.29 is 13.2 Å². The Hall–Kier alpha value is -1.40. The molecule has 0 spiro atoms. The molecule has 6 heteroatoms. The lowest BCUT2D eigenvalue weighted by Gasteiger charge is -2.22. The predicted molar refractivity (Wildman–Crippen MR) is 78.9 cm³/mol. The van der Waals surface area contributed by atoms with E-state index in [1.807, 2.05) is 19.1 Å². The second kappa shape index (κ2) is 6.58. The van der Waals surface area contributed by atoms with Gasteiger partial charge in [0.2, 0.25) is 0 Å². The number of hydrogen-bond donors (Lipinski definition) is 1. The number of hydrogen-bond acceptors (Lipinski definition) is 2. The molecule has 1 N–H and O–H groups in total. The first-order valence-electron chi connectivity index (χ1n) is 6.43. The number of rotatable bonds is 4. The summed E-state index contributed by atoms with van der Waals surface area (Å²) in [6, 6.07) is 7.67. The Morgan fingerprint density at radius 3 is 2.43 bits per heavy atom. The highest BCUT2D eigenvalue weighted by Gasteiger charge is 2.35. The van der Waals surface area contributed by atoms with E-state index in [1.54, 1.807) is 12.1 Å². The zero-order chi connectivity index (χ0) is 15.5. The first-order chi connectivity index (χ1) is 9.93. The lowest BCUT2D eigenvalue weighted by Crippen LogP contribution is -2.25. The summed E-state index contributed by atoms with van der Waals surface area (Å²) in [6.07, 6.45) is -1.96. The van der Waals surface area contributed by atoms with Crippen molar-refractivity contribution in [2.75, 3.05) is 6.54 Å². The van der Waals surface area contributed by atoms with Crippen molar-refractivity contribution in [2.24, 2.45) is 0 Å². The summed E-state index contributed by atoms with van der Waals surface area (Å²) in [6.45, 7) is 2.41. The van der Waals surface area contributed by atoms with Crippen molar-refractivity contribution >= 4 is 15.9 Å². The summed E-state index contributed by atoms with van der Waals surface area (Å²) in [5.41, 5.74) is 0.235. The summed E-state index contributed by atoms with van der Waals surface area (Å²) >= 11 is 3.32. The molecule has 1 aromatic heterocycles. The van der Waals surface area contributed by atoms with E-state index in [0.29, 0.717) is 6.54 Å². The third-order valence-corrected chi connectivity index (χ3v) is 3.61. The fourth-order valence-corrected chi connectivity index (χ4v) is 2.43. The first kappa shape index (κ1) is 16.0. The van der Waals surface area contributed by atoms with E-state index < -0.39 is 17.8 Å². The lowest BCUT2D eigenvalue weighted by molar-refractivity contribution is -0.138. The lowest BCUT2D eigenvalue weighted by atomic mass is 9.96. The number of pyridine rings is 1. The van der Waals surface area contributed by atoms with Crippen molar-refractivity contribution in [3.05, 3.63) is 63.9 Å². The molecule has 0 aliphatic heterocycles. The van der Waals surface area contributed by atoms with E-state index in [4.69, 9.17) is 0 Å². The third-order valence-electron chi connectivity index (χ3n) is 3.08. The molecule has 2 rings (SSSR count). The van der Waals surface area contributed by atoms with Gasteiger partial charge >= 0.3 is 6.18 Å². The van der Waals surface area contributed by atoms with Crippen LogP contribution in [0.5, 0.6) is 0 Å². The van der Waals surface area contributed by atoms with Gasteiger partial charge < -0.3 is 5.32 Å². The van der Waals surface area contributed by atoms with Crippen molar-refractivity contribution in [2.45, 2.75) is 19.1 Å². The number of alkyl halides is 3. The first-order valence-corrected chi connectivity index (χ1v) is 7.22. The van der Waals surface area contributed by atoms with Gasteiger partial charge in [0.15, 0.2) is 0 Å². The zero-order valence-electron chi connectivity index (χ0n) is 11.3. The maximum absolute atomic E-state index is 13.2. The minimum Gasteiger partial charge on any atom is -0.306 e. The normalized spacial score (nSPS) is 13.2. The molecule has 1 aromatic carbocycles. The van der Waals surface area contributed by atoms with E-state index in [1.165, 1.54) is 6.20 Å². The van der Waals surface area contributed by atoms with Crippen LogP contribution in [-0.4, -0.2) is 11.5 Å². The molecule has 1 atom stereocenters. The van der Waals surface area contributed by atoms with Crippen LogP contribution in [0.4, 0.5) is 13.2 Å². The molecule has 1 heterocycles. The molecule has 0 fully saturated rings. The minimum atomic E-state index is -4.40. The Kier molecular flexibility index (Phi) is 5.00. The fraction of sp³-hybridized carbons (Fsp3) is 0.267. The maximum Gasteiger partial charge on any atom is 0.416 e. The molecular weight excluding hydrogens is 345 g/mol. The number of halogens is 4. The molecule has 0 radical (unpaired) electrons. The maximum atomic E-state index is 13.2. The molecule has 112 valence electrons. The van der Waals surface area contributed by atoms with E-state index in [-0.39, 0.29) is 5.56 Å². The van der Waals surface area contributed by atoms with Crippen LogP contribution in [-0.2, 0) is 6.18 Å². The average Bonchev–Trinajstić information content (AvgIpc) is 2.45. The Morgan fingerprint density at radius 1 is 1.19 bits per heavy atom. The topological polar surface area (TPSA) is 24.9 Å². The molecule has 0 amide bonds. The number of benzene rings is 1. The standard InChI is InChI=1S/C15H14BrF3N2/c1-2-21-14(10-3-5-11(16)6-4-10)12-9-20-8-7-13(12)15(17,18)19/h3-9,14,21H,2H2,1H3. The summed E-state index contributed by atoms with van der Waals surface area (Å²) in [4.78, 5) is 3.86. The van der Waals surface area contributed by atoms with Gasteiger partial charge in [0, 0.05) is 22.4 Å². The molecule has 21 heavy (non-hydrogen) atoms. The van der Waals surface area contributed by atoms with Crippen LogP contribution >= 0.6 is 15.9 Å². The van der Waals surface area contributed by atoms with Gasteiger partial charge in [-0.1, -0.05) is 35.0 Å². The van der Waals surface area contributed by atoms with Crippen molar-refractivity contribution in [1.29, 1.82) is 0 Å². The van der Waals surface area contributed by atoms with Crippen LogP contribution in [0.1, 0.15) is 29.7 Å². The number of nitrogens with one attached hydrogen (secondary N) is 1. The van der Waals surface area contributed by atoms with Crippen LogP contribution in [0, 0.1) is 0 Å². The second-order valence-electron chi connectivity index (χ2n) is 4.50. The van der Waals surface area contributed by atoms with E-state index in [9.17, 15) is 13.2 Å². The smallest absolute Gasteiger partial charge is 0.306 e. The average molecular weight is 359 g/mol. The van der Waals surface area contributed by atoms with Gasteiger partial charge in [-0.15, -0.1) is 0 Å². The number of aromatic nitrogens is 1. The zero-order valence-corrected chi connectivity index (χ0v) is 12.9. The van der Waals surface area contributed by atoms with Gasteiger partial charge in [-0.05, 0) is 30.3 Å². The molecule has 0 saturated heterocycles. The van der Waals surface area contributed by atoms with Crippen LogP contribution in [0.2, 0.25) is 0 Å². The van der Waals surface area contributed by atoms with Gasteiger partial charge in [0.05, 0.1) is 11.6 Å². The summed E-state index contributed by atoms with van der Waals surface area (Å²) < 4.78 is 40.4. The molecule has 2 nitrogen and oxygen atoms in total. The Morgan fingerprint density at radius 2 is 1.86 bits per heavy atom. The Balaban J connectivity index is 2.51. The molecule has 0 aliphatic carbocycles. The molecule has 2 aromatic rings. The molecule has 0 aliphatic rings. The van der Waals surface area contributed by atoms with Gasteiger partial charge in [-0.3, -0.25) is 4.98 Å². The summed E-state index contributed by atoms with van der Waals surface area (Å²) in [7, 11) is 0. The monoisotopic (exact) mass is 358 g/mol. The SMILES string of the molecule is CCNC(c1ccc(Br)cc1)c1cnccc1C(F)(F)F. The van der Waals surface area contributed by atoms with Crippen LogP contribution in [0.15, 0.2) is 47.2 Å².